The van der Waals surface area contributed by atoms with Crippen LogP contribution in [0.2, 0.25) is 0 Å². The molecule has 1 aromatic carbocycles. The smallest absolute Gasteiger partial charge is 0.264 e. The van der Waals surface area contributed by atoms with Crippen molar-refractivity contribution in [1.82, 2.24) is 14.9 Å². The number of nitrogen functional groups attached to an aromatic ring is 2. The van der Waals surface area contributed by atoms with E-state index in [9.17, 15) is 14.4 Å². The lowest BCUT2D eigenvalue weighted by molar-refractivity contribution is -0.140. The zero-order valence-corrected chi connectivity index (χ0v) is 13.3. The number of aryl methyl sites for hydroxylation is 1. The first-order valence-electron chi connectivity index (χ1n) is 7.32. The third kappa shape index (κ3) is 2.25. The maximum absolute atomic E-state index is 13.0. The van der Waals surface area contributed by atoms with Crippen molar-refractivity contribution in [1.29, 1.82) is 0 Å². The summed E-state index contributed by atoms with van der Waals surface area (Å²) in [6.07, 6.45) is 0. The number of fused-ring (bicyclic) bond motifs is 1. The molecule has 1 saturated heterocycles. The Kier molecular flexibility index (Phi) is 3.53. The number of benzene rings is 1. The summed E-state index contributed by atoms with van der Waals surface area (Å²) in [5.41, 5.74) is 27.3. The highest BCUT2D eigenvalue weighted by atomic mass is 16.2. The third-order valence-electron chi connectivity index (χ3n) is 4.34. The highest BCUT2D eigenvalue weighted by molar-refractivity contribution is 6.04. The van der Waals surface area contributed by atoms with Crippen LogP contribution in [0.5, 0.6) is 0 Å². The van der Waals surface area contributed by atoms with E-state index >= 15 is 0 Å². The molecule has 25 heavy (non-hydrogen) atoms. The van der Waals surface area contributed by atoms with Crippen LogP contribution < -0.4 is 39.5 Å². The molecule has 0 spiro atoms. The Morgan fingerprint density at radius 1 is 1.12 bits per heavy atom. The summed E-state index contributed by atoms with van der Waals surface area (Å²) in [4.78, 5) is 41.4. The molecule has 11 nitrogen and oxygen atoms in total. The molecule has 2 heterocycles. The maximum atomic E-state index is 13.0. The second-order valence-electron chi connectivity index (χ2n) is 6.04. The average molecular weight is 346 g/mol. The van der Waals surface area contributed by atoms with E-state index in [1.807, 2.05) is 0 Å². The second kappa shape index (κ2) is 5.24. The molecule has 1 aliphatic heterocycles. The number of nitrogens with one attached hydrogen (secondary N) is 1. The van der Waals surface area contributed by atoms with E-state index in [0.29, 0.717) is 0 Å². The summed E-state index contributed by atoms with van der Waals surface area (Å²) in [5.74, 6) is -1.56. The lowest BCUT2D eigenvalue weighted by Gasteiger charge is -2.41. The quantitative estimate of drug-likeness (QED) is 0.176. The molecule has 0 saturated carbocycles. The fraction of sp³-hybridized carbons (Fsp3) is 0.286. The van der Waals surface area contributed by atoms with E-state index in [4.69, 9.17) is 28.7 Å². The lowest BCUT2D eigenvalue weighted by Crippen LogP contribution is -2.77. The Morgan fingerprint density at radius 3 is 2.36 bits per heavy atom. The number of carbonyl (C=O) groups is 2. The van der Waals surface area contributed by atoms with Gasteiger partial charge in [-0.1, -0.05) is 0 Å². The third-order valence-corrected chi connectivity index (χ3v) is 4.34. The molecule has 2 aromatic rings. The minimum atomic E-state index is -2.00. The number of hydrogen-bond acceptors (Lipinski definition) is 9. The fourth-order valence-corrected chi connectivity index (χ4v) is 2.99. The topological polar surface area (TPSA) is 211 Å². The number of hydrogen-bond donors (Lipinski definition) is 6. The molecular formula is C14H18N8O3. The van der Waals surface area contributed by atoms with Gasteiger partial charge >= 0.3 is 0 Å². The van der Waals surface area contributed by atoms with Crippen LogP contribution in [0.3, 0.4) is 0 Å². The standard InChI is InChI=1S/C14H18N8O3/c1-4-20-8-6(16)3-2-5(15)7(8)13(25)22(4)10-12(24)21-11(23)9(17)14(10,18)19/h2-3,9-10H,15-19H2,1H3,(H,21,23,24). The first kappa shape index (κ1) is 16.8. The molecule has 1 aliphatic rings. The number of rotatable bonds is 1. The SMILES string of the molecule is Cc1nc2c(N)ccc(N)c2c(=O)n1C1C(=O)NC(=O)C(N)C1(N)N. The van der Waals surface area contributed by atoms with Crippen LogP contribution in [0.25, 0.3) is 10.9 Å². The molecule has 0 aliphatic carbocycles. The van der Waals surface area contributed by atoms with E-state index in [1.54, 1.807) is 0 Å². The minimum Gasteiger partial charge on any atom is -0.398 e. The van der Waals surface area contributed by atoms with Crippen molar-refractivity contribution in [2.45, 2.75) is 24.7 Å². The Labute approximate surface area is 141 Å². The van der Waals surface area contributed by atoms with Crippen molar-refractivity contribution in [3.8, 4) is 0 Å². The Balaban J connectivity index is 2.36. The van der Waals surface area contributed by atoms with Crippen LogP contribution in [0.4, 0.5) is 11.4 Å². The summed E-state index contributed by atoms with van der Waals surface area (Å²) in [6.45, 7) is 1.48. The Bertz CT molecular complexity index is 980. The van der Waals surface area contributed by atoms with Crippen LogP contribution in [0.1, 0.15) is 11.9 Å². The first-order valence-corrected chi connectivity index (χ1v) is 7.32. The maximum Gasteiger partial charge on any atom is 0.264 e. The molecule has 2 atom stereocenters. The van der Waals surface area contributed by atoms with Gasteiger partial charge in [0.15, 0.2) is 6.04 Å². The van der Waals surface area contributed by atoms with E-state index in [2.05, 4.69) is 10.3 Å². The average Bonchev–Trinajstić information content (AvgIpc) is 2.52. The molecule has 2 amide bonds. The van der Waals surface area contributed by atoms with Crippen molar-refractivity contribution < 1.29 is 9.59 Å². The van der Waals surface area contributed by atoms with Gasteiger partial charge in [-0.15, -0.1) is 0 Å². The predicted octanol–water partition coefficient (Wildman–Crippen LogP) is -2.99. The monoisotopic (exact) mass is 346 g/mol. The van der Waals surface area contributed by atoms with Gasteiger partial charge in [-0.25, -0.2) is 4.98 Å². The van der Waals surface area contributed by atoms with Gasteiger partial charge in [0.2, 0.25) is 5.91 Å². The molecule has 1 aromatic heterocycles. The summed E-state index contributed by atoms with van der Waals surface area (Å²) >= 11 is 0. The van der Waals surface area contributed by atoms with E-state index in [1.165, 1.54) is 19.1 Å². The normalized spacial score (nSPS) is 22.9. The summed E-state index contributed by atoms with van der Waals surface area (Å²) in [6, 6.07) is 0.113. The largest absolute Gasteiger partial charge is 0.398 e. The molecule has 11 N–H and O–H groups in total. The molecule has 0 radical (unpaired) electrons. The highest BCUT2D eigenvalue weighted by Gasteiger charge is 2.51. The van der Waals surface area contributed by atoms with Crippen molar-refractivity contribution in [3.05, 3.63) is 28.3 Å². The van der Waals surface area contributed by atoms with Crippen molar-refractivity contribution in [2.75, 3.05) is 11.5 Å². The predicted molar refractivity (Wildman–Crippen MR) is 90.8 cm³/mol. The Morgan fingerprint density at radius 2 is 1.72 bits per heavy atom. The number of aromatic nitrogens is 2. The minimum absolute atomic E-state index is 0.0275. The lowest BCUT2D eigenvalue weighted by atomic mass is 9.88. The van der Waals surface area contributed by atoms with Gasteiger partial charge in [0.25, 0.3) is 11.5 Å². The molecule has 2 unspecified atom stereocenters. The van der Waals surface area contributed by atoms with Crippen LogP contribution in [-0.2, 0) is 9.59 Å². The number of carbonyl (C=O) groups excluding carboxylic acids is 2. The fourth-order valence-electron chi connectivity index (χ4n) is 2.99. The molecule has 0 bridgehead atoms. The summed E-state index contributed by atoms with van der Waals surface area (Å²) in [5, 5.41) is 2.08. The number of amides is 2. The van der Waals surface area contributed by atoms with E-state index in [0.717, 1.165) is 4.57 Å². The molecular weight excluding hydrogens is 328 g/mol. The zero-order valence-electron chi connectivity index (χ0n) is 13.3. The van der Waals surface area contributed by atoms with Crippen LogP contribution in [0, 0.1) is 6.92 Å². The van der Waals surface area contributed by atoms with Crippen LogP contribution in [0.15, 0.2) is 16.9 Å². The summed E-state index contributed by atoms with van der Waals surface area (Å²) in [7, 11) is 0. The Hall–Kier alpha value is -3.02. The number of nitrogens with zero attached hydrogens (tertiary/aromatic N) is 2. The molecule has 1 fully saturated rings. The van der Waals surface area contributed by atoms with Gasteiger partial charge < -0.3 is 28.7 Å². The van der Waals surface area contributed by atoms with Gasteiger partial charge in [0.05, 0.1) is 11.1 Å². The molecule has 11 heteroatoms. The first-order chi connectivity index (χ1) is 11.6. The number of imide groups is 1. The highest BCUT2D eigenvalue weighted by Crippen LogP contribution is 2.27. The second-order valence-corrected chi connectivity index (χ2v) is 6.04. The number of piperidine rings is 1. The van der Waals surface area contributed by atoms with E-state index in [-0.39, 0.29) is 28.1 Å². The van der Waals surface area contributed by atoms with Crippen molar-refractivity contribution in [2.24, 2.45) is 17.2 Å². The van der Waals surface area contributed by atoms with Crippen molar-refractivity contribution in [3.63, 3.8) is 0 Å². The number of nitrogens with two attached hydrogens (primary N) is 5. The molecule has 132 valence electrons. The van der Waals surface area contributed by atoms with Gasteiger partial charge in [-0.2, -0.15) is 0 Å². The zero-order chi connectivity index (χ0) is 18.7. The van der Waals surface area contributed by atoms with Crippen LogP contribution in [-0.4, -0.2) is 33.1 Å². The van der Waals surface area contributed by atoms with Gasteiger partial charge in [0.1, 0.15) is 23.0 Å². The van der Waals surface area contributed by atoms with E-state index < -0.39 is 35.1 Å². The van der Waals surface area contributed by atoms with Gasteiger partial charge in [-0.3, -0.25) is 24.3 Å². The van der Waals surface area contributed by atoms with Gasteiger partial charge in [0, 0.05) is 5.69 Å². The van der Waals surface area contributed by atoms with Crippen LogP contribution >= 0.6 is 0 Å². The molecule has 3 rings (SSSR count). The van der Waals surface area contributed by atoms with Crippen molar-refractivity contribution >= 4 is 34.1 Å². The van der Waals surface area contributed by atoms with Gasteiger partial charge in [-0.05, 0) is 19.1 Å². The summed E-state index contributed by atoms with van der Waals surface area (Å²) < 4.78 is 0.986. The number of anilines is 2.